The highest BCUT2D eigenvalue weighted by Gasteiger charge is 2.18. The molecule has 98 valence electrons. The Hall–Kier alpha value is -0.780. The van der Waals surface area contributed by atoms with Crippen molar-refractivity contribution in [2.75, 3.05) is 7.05 Å². The molecule has 1 unspecified atom stereocenters. The molecule has 1 N–H and O–H groups in total. The second-order valence-corrected chi connectivity index (χ2v) is 7.00. The van der Waals surface area contributed by atoms with Crippen LogP contribution in [0.5, 0.6) is 0 Å². The summed E-state index contributed by atoms with van der Waals surface area (Å²) in [6, 6.07) is 0.321. The lowest BCUT2D eigenvalue weighted by molar-refractivity contribution is 0.595. The zero-order valence-electron chi connectivity index (χ0n) is 11.5. The highest BCUT2D eigenvalue weighted by Crippen LogP contribution is 2.29. The minimum atomic E-state index is 0.321. The van der Waals surface area contributed by atoms with Crippen molar-refractivity contribution < 1.29 is 0 Å². The van der Waals surface area contributed by atoms with Crippen molar-refractivity contribution in [1.82, 2.24) is 15.3 Å². The molecule has 2 aromatic rings. The molecular weight excluding hydrogens is 262 g/mol. The summed E-state index contributed by atoms with van der Waals surface area (Å²) < 4.78 is 0. The van der Waals surface area contributed by atoms with E-state index in [9.17, 15) is 0 Å². The lowest BCUT2D eigenvalue weighted by Gasteiger charge is -2.13. The van der Waals surface area contributed by atoms with Gasteiger partial charge in [-0.2, -0.15) is 0 Å². The predicted octanol–water partition coefficient (Wildman–Crippen LogP) is 3.34. The van der Waals surface area contributed by atoms with Gasteiger partial charge in [-0.25, -0.2) is 9.97 Å². The highest BCUT2D eigenvalue weighted by molar-refractivity contribution is 7.12. The van der Waals surface area contributed by atoms with E-state index in [1.54, 1.807) is 22.7 Å². The first-order valence-corrected chi connectivity index (χ1v) is 7.68. The van der Waals surface area contributed by atoms with Crippen LogP contribution in [-0.2, 0) is 6.42 Å². The molecule has 0 saturated carbocycles. The van der Waals surface area contributed by atoms with Crippen molar-refractivity contribution in [3.8, 4) is 0 Å². The second-order valence-electron chi connectivity index (χ2n) is 4.48. The van der Waals surface area contributed by atoms with E-state index in [0.717, 1.165) is 22.8 Å². The number of nitrogens with one attached hydrogen (secondary N) is 1. The maximum atomic E-state index is 4.62. The summed E-state index contributed by atoms with van der Waals surface area (Å²) in [6.07, 6.45) is 0.943. The average molecular weight is 281 g/mol. The minimum absolute atomic E-state index is 0.321. The summed E-state index contributed by atoms with van der Waals surface area (Å²) in [7, 11) is 2.01. The third-order valence-electron chi connectivity index (χ3n) is 3.06. The molecule has 2 rings (SSSR count). The molecule has 1 atom stereocenters. The van der Waals surface area contributed by atoms with Crippen LogP contribution < -0.4 is 5.32 Å². The number of aromatic nitrogens is 2. The van der Waals surface area contributed by atoms with Gasteiger partial charge >= 0.3 is 0 Å². The Labute approximate surface area is 116 Å². The summed E-state index contributed by atoms with van der Waals surface area (Å²) in [6.45, 7) is 8.35. The van der Waals surface area contributed by atoms with Crippen molar-refractivity contribution >= 4 is 22.7 Å². The van der Waals surface area contributed by atoms with Gasteiger partial charge in [0.25, 0.3) is 0 Å². The molecule has 18 heavy (non-hydrogen) atoms. The summed E-state index contributed by atoms with van der Waals surface area (Å²) in [5.41, 5.74) is 2.30. The topological polar surface area (TPSA) is 37.8 Å². The standard InChI is InChI=1S/C13H19N3S2/c1-7-9(3)17-12(16-7)6-11(14-5)13-8(2)15-10(4)18-13/h11,14H,6H2,1-5H3. The zero-order valence-corrected chi connectivity index (χ0v) is 13.1. The van der Waals surface area contributed by atoms with Crippen LogP contribution in [0, 0.1) is 27.7 Å². The molecule has 0 aliphatic heterocycles. The molecule has 0 bridgehead atoms. The van der Waals surface area contributed by atoms with E-state index in [0.29, 0.717) is 6.04 Å². The Morgan fingerprint density at radius 3 is 2.22 bits per heavy atom. The maximum Gasteiger partial charge on any atom is 0.0950 e. The van der Waals surface area contributed by atoms with Crippen LogP contribution in [0.3, 0.4) is 0 Å². The number of nitrogens with zero attached hydrogens (tertiary/aromatic N) is 2. The fourth-order valence-corrected chi connectivity index (χ4v) is 4.01. The van der Waals surface area contributed by atoms with E-state index in [4.69, 9.17) is 0 Å². The predicted molar refractivity (Wildman–Crippen MR) is 78.7 cm³/mol. The Balaban J connectivity index is 2.22. The van der Waals surface area contributed by atoms with Gasteiger partial charge in [0.05, 0.1) is 21.4 Å². The van der Waals surface area contributed by atoms with Gasteiger partial charge in [0.15, 0.2) is 0 Å². The molecule has 0 spiro atoms. The van der Waals surface area contributed by atoms with Gasteiger partial charge in [-0.15, -0.1) is 22.7 Å². The molecule has 0 radical (unpaired) electrons. The molecule has 2 heterocycles. The molecule has 0 aliphatic carbocycles. The van der Waals surface area contributed by atoms with E-state index < -0.39 is 0 Å². The lowest BCUT2D eigenvalue weighted by atomic mass is 10.1. The summed E-state index contributed by atoms with van der Waals surface area (Å²) >= 11 is 3.58. The van der Waals surface area contributed by atoms with Crippen LogP contribution in [0.4, 0.5) is 0 Å². The van der Waals surface area contributed by atoms with E-state index in [2.05, 4.69) is 43.0 Å². The van der Waals surface area contributed by atoms with E-state index >= 15 is 0 Å². The third kappa shape index (κ3) is 2.79. The average Bonchev–Trinajstić information content (AvgIpc) is 2.79. The van der Waals surface area contributed by atoms with Crippen molar-refractivity contribution in [2.24, 2.45) is 0 Å². The van der Waals surface area contributed by atoms with E-state index in [1.165, 1.54) is 14.8 Å². The molecule has 0 aromatic carbocycles. The zero-order chi connectivity index (χ0) is 13.3. The summed E-state index contributed by atoms with van der Waals surface area (Å²) in [5, 5.41) is 5.72. The van der Waals surface area contributed by atoms with Crippen LogP contribution in [-0.4, -0.2) is 17.0 Å². The maximum absolute atomic E-state index is 4.62. The van der Waals surface area contributed by atoms with Crippen LogP contribution in [0.15, 0.2) is 0 Å². The molecule has 3 nitrogen and oxygen atoms in total. The van der Waals surface area contributed by atoms with Crippen LogP contribution in [0.1, 0.15) is 37.2 Å². The van der Waals surface area contributed by atoms with E-state index in [1.807, 2.05) is 7.05 Å². The molecule has 0 aliphatic rings. The highest BCUT2D eigenvalue weighted by atomic mass is 32.1. The van der Waals surface area contributed by atoms with Gasteiger partial charge in [0, 0.05) is 22.2 Å². The fourth-order valence-electron chi connectivity index (χ4n) is 2.00. The Morgan fingerprint density at radius 2 is 1.78 bits per heavy atom. The third-order valence-corrected chi connectivity index (χ3v) is 5.34. The van der Waals surface area contributed by atoms with Gasteiger partial charge in [0.2, 0.25) is 0 Å². The Morgan fingerprint density at radius 1 is 1.06 bits per heavy atom. The number of hydrogen-bond acceptors (Lipinski definition) is 5. The second kappa shape index (κ2) is 5.47. The van der Waals surface area contributed by atoms with Crippen LogP contribution in [0.2, 0.25) is 0 Å². The molecule has 2 aromatic heterocycles. The largest absolute Gasteiger partial charge is 0.312 e. The quantitative estimate of drug-likeness (QED) is 0.934. The molecule has 5 heteroatoms. The first-order valence-electron chi connectivity index (χ1n) is 6.05. The normalized spacial score (nSPS) is 12.9. The van der Waals surface area contributed by atoms with Gasteiger partial charge in [0.1, 0.15) is 0 Å². The SMILES string of the molecule is CNC(Cc1nc(C)c(C)s1)c1sc(C)nc1C. The first kappa shape index (κ1) is 13.6. The number of thiazole rings is 2. The Bertz CT molecular complexity index is 523. The van der Waals surface area contributed by atoms with Crippen LogP contribution >= 0.6 is 22.7 Å². The molecule has 0 fully saturated rings. The van der Waals surface area contributed by atoms with Crippen molar-refractivity contribution in [1.29, 1.82) is 0 Å². The monoisotopic (exact) mass is 281 g/mol. The molecule has 0 saturated heterocycles. The minimum Gasteiger partial charge on any atom is -0.312 e. The number of rotatable bonds is 4. The molecule has 0 amide bonds. The Kier molecular flexibility index (Phi) is 4.14. The number of hydrogen-bond donors (Lipinski definition) is 1. The van der Waals surface area contributed by atoms with Crippen molar-refractivity contribution in [3.05, 3.63) is 31.2 Å². The summed E-state index contributed by atoms with van der Waals surface area (Å²) in [5.74, 6) is 0. The van der Waals surface area contributed by atoms with Gasteiger partial charge < -0.3 is 5.32 Å². The van der Waals surface area contributed by atoms with Gasteiger partial charge in [-0.3, -0.25) is 0 Å². The van der Waals surface area contributed by atoms with Crippen LogP contribution in [0.25, 0.3) is 0 Å². The van der Waals surface area contributed by atoms with E-state index in [-0.39, 0.29) is 0 Å². The number of aryl methyl sites for hydroxylation is 4. The first-order chi connectivity index (χ1) is 8.51. The smallest absolute Gasteiger partial charge is 0.0950 e. The number of likely N-dealkylation sites (N-methyl/N-ethyl adjacent to an activating group) is 1. The lowest BCUT2D eigenvalue weighted by Crippen LogP contribution is -2.18. The molecular formula is C13H19N3S2. The fraction of sp³-hybridized carbons (Fsp3) is 0.538. The van der Waals surface area contributed by atoms with Gasteiger partial charge in [-0.05, 0) is 34.7 Å². The van der Waals surface area contributed by atoms with Gasteiger partial charge in [-0.1, -0.05) is 0 Å². The van der Waals surface area contributed by atoms with Crippen molar-refractivity contribution in [3.63, 3.8) is 0 Å². The van der Waals surface area contributed by atoms with Crippen molar-refractivity contribution in [2.45, 2.75) is 40.2 Å². The summed E-state index contributed by atoms with van der Waals surface area (Å²) in [4.78, 5) is 11.8.